The Hall–Kier alpha value is -1.33. The van der Waals surface area contributed by atoms with E-state index >= 15 is 0 Å². The number of anilines is 1. The number of nitrogens with zero attached hydrogens (tertiary/aromatic N) is 1. The summed E-state index contributed by atoms with van der Waals surface area (Å²) >= 11 is 0. The molecule has 0 radical (unpaired) electrons. The first-order valence-electron chi connectivity index (χ1n) is 6.78. The summed E-state index contributed by atoms with van der Waals surface area (Å²) in [4.78, 5) is 1.27. The Kier molecular flexibility index (Phi) is 7.90. The van der Waals surface area contributed by atoms with Gasteiger partial charge in [-0.25, -0.2) is 8.37 Å². The summed E-state index contributed by atoms with van der Waals surface area (Å²) in [6.45, 7) is -1.28. The van der Waals surface area contributed by atoms with Crippen molar-refractivity contribution in [2.24, 2.45) is 0 Å². The van der Waals surface area contributed by atoms with Crippen LogP contribution in [0.15, 0.2) is 30.3 Å². The van der Waals surface area contributed by atoms with Gasteiger partial charge in [0.1, 0.15) is 11.9 Å². The summed E-state index contributed by atoms with van der Waals surface area (Å²) in [6.07, 6.45) is -1.72. The fraction of sp³-hybridized carbons (Fsp3) is 0.455. The van der Waals surface area contributed by atoms with Crippen molar-refractivity contribution in [3.05, 3.63) is 30.3 Å². The summed E-state index contributed by atoms with van der Waals surface area (Å²) in [5.41, 5.74) is 0.394. The highest BCUT2D eigenvalue weighted by Gasteiger charge is 2.26. The van der Waals surface area contributed by atoms with E-state index < -0.39 is 55.9 Å². The minimum atomic E-state index is -5.04. The predicted octanol–water partition coefficient (Wildman–Crippen LogP) is -0.612. The van der Waals surface area contributed by atoms with Crippen LogP contribution in [0.1, 0.15) is 0 Å². The zero-order valence-corrected chi connectivity index (χ0v) is 15.5. The van der Waals surface area contributed by atoms with Gasteiger partial charge in [0, 0.05) is 18.8 Å². The standard InChI is InChI=1S/C11H17NO11S3/c13-24(14,15)9-11(23-26(19,20)21)8-12(6-7-22-25(16,17)18)10-4-2-1-3-5-10/h1-5,11H,6-9H2,(H,13,14,15)(H,16,17,18)(H,19,20,21). The molecule has 0 fully saturated rings. The largest absolute Gasteiger partial charge is 0.397 e. The van der Waals surface area contributed by atoms with Gasteiger partial charge in [0.15, 0.2) is 0 Å². The van der Waals surface area contributed by atoms with E-state index in [1.807, 2.05) is 0 Å². The second-order valence-corrected chi connectivity index (χ2v) is 8.56. The first kappa shape index (κ1) is 22.7. The number of hydrogen-bond donors (Lipinski definition) is 3. The SMILES string of the molecule is O=S(=O)(O)CC(CN(CCOS(=O)(=O)O)c1ccccc1)OS(=O)(=O)O. The topological polar surface area (TPSA) is 185 Å². The third kappa shape index (κ3) is 10.6. The quantitative estimate of drug-likeness (QED) is 0.375. The lowest BCUT2D eigenvalue weighted by molar-refractivity contribution is 0.199. The molecule has 0 amide bonds. The molecule has 0 aliphatic heterocycles. The van der Waals surface area contributed by atoms with Crippen LogP contribution in [-0.2, 0) is 39.3 Å². The molecule has 1 atom stereocenters. The van der Waals surface area contributed by atoms with Gasteiger partial charge in [-0.3, -0.25) is 13.7 Å². The molecule has 0 aliphatic rings. The fourth-order valence-corrected chi connectivity index (χ4v) is 3.47. The summed E-state index contributed by atoms with van der Waals surface area (Å²) in [7, 11) is -14.4. The number of rotatable bonds is 11. The average Bonchev–Trinajstić information content (AvgIpc) is 2.42. The van der Waals surface area contributed by atoms with E-state index in [-0.39, 0.29) is 6.54 Å². The molecular formula is C11H17NO11S3. The van der Waals surface area contributed by atoms with E-state index in [2.05, 4.69) is 8.37 Å². The molecule has 1 unspecified atom stereocenters. The summed E-state index contributed by atoms with van der Waals surface area (Å²) in [5.74, 6) is -1.16. The van der Waals surface area contributed by atoms with Crippen molar-refractivity contribution in [1.82, 2.24) is 0 Å². The van der Waals surface area contributed by atoms with Gasteiger partial charge < -0.3 is 4.90 Å². The van der Waals surface area contributed by atoms with Gasteiger partial charge >= 0.3 is 20.8 Å². The highest BCUT2D eigenvalue weighted by Crippen LogP contribution is 2.15. The Balaban J connectivity index is 3.01. The van der Waals surface area contributed by atoms with Crippen LogP contribution in [0, 0.1) is 0 Å². The van der Waals surface area contributed by atoms with Crippen molar-refractivity contribution in [2.75, 3.05) is 30.3 Å². The molecule has 15 heteroatoms. The van der Waals surface area contributed by atoms with Gasteiger partial charge in [-0.1, -0.05) is 18.2 Å². The van der Waals surface area contributed by atoms with Crippen molar-refractivity contribution in [1.29, 1.82) is 0 Å². The third-order valence-electron chi connectivity index (χ3n) is 2.79. The molecule has 0 aliphatic carbocycles. The van der Waals surface area contributed by atoms with Crippen molar-refractivity contribution in [2.45, 2.75) is 6.10 Å². The van der Waals surface area contributed by atoms with Gasteiger partial charge in [-0.2, -0.15) is 25.3 Å². The van der Waals surface area contributed by atoms with Crippen LogP contribution < -0.4 is 4.90 Å². The Labute approximate surface area is 151 Å². The maximum Gasteiger partial charge on any atom is 0.397 e. The lowest BCUT2D eigenvalue weighted by Gasteiger charge is -2.28. The van der Waals surface area contributed by atoms with E-state index in [1.54, 1.807) is 18.2 Å². The molecule has 1 aromatic rings. The van der Waals surface area contributed by atoms with Crippen LogP contribution in [0.5, 0.6) is 0 Å². The molecule has 3 N–H and O–H groups in total. The number of hydrogen-bond acceptors (Lipinski definition) is 9. The number of benzene rings is 1. The minimum absolute atomic E-state index is 0.236. The molecule has 1 rings (SSSR count). The zero-order valence-electron chi connectivity index (χ0n) is 13.1. The third-order valence-corrected chi connectivity index (χ3v) is 4.57. The zero-order chi connectivity index (χ0) is 20.0. The van der Waals surface area contributed by atoms with E-state index in [4.69, 9.17) is 13.7 Å². The molecule has 12 nitrogen and oxygen atoms in total. The smallest absolute Gasteiger partial charge is 0.366 e. The first-order chi connectivity index (χ1) is 11.8. The van der Waals surface area contributed by atoms with Crippen LogP contribution in [0.3, 0.4) is 0 Å². The Bertz CT molecular complexity index is 847. The second kappa shape index (κ2) is 9.05. The van der Waals surface area contributed by atoms with Crippen molar-refractivity contribution in [3.63, 3.8) is 0 Å². The molecule has 0 spiro atoms. The molecule has 26 heavy (non-hydrogen) atoms. The Morgan fingerprint density at radius 3 is 1.96 bits per heavy atom. The summed E-state index contributed by atoms with van der Waals surface area (Å²) in [6, 6.07) is 7.90. The van der Waals surface area contributed by atoms with Gasteiger partial charge in [0.25, 0.3) is 10.1 Å². The highest BCUT2D eigenvalue weighted by molar-refractivity contribution is 7.85. The minimum Gasteiger partial charge on any atom is -0.366 e. The van der Waals surface area contributed by atoms with Crippen molar-refractivity contribution < 1.29 is 47.3 Å². The monoisotopic (exact) mass is 435 g/mol. The second-order valence-electron chi connectivity index (χ2n) is 4.93. The Morgan fingerprint density at radius 1 is 0.923 bits per heavy atom. The van der Waals surface area contributed by atoms with E-state index in [0.29, 0.717) is 5.69 Å². The molecule has 0 bridgehead atoms. The van der Waals surface area contributed by atoms with Crippen LogP contribution in [0.2, 0.25) is 0 Å². The normalized spacial score (nSPS) is 14.1. The van der Waals surface area contributed by atoms with E-state index in [0.717, 1.165) is 0 Å². The average molecular weight is 435 g/mol. The molecular weight excluding hydrogens is 418 g/mol. The molecule has 0 saturated carbocycles. The van der Waals surface area contributed by atoms with Crippen LogP contribution in [0.25, 0.3) is 0 Å². The molecule has 0 aromatic heterocycles. The molecule has 0 heterocycles. The van der Waals surface area contributed by atoms with Gasteiger partial charge in [-0.05, 0) is 12.1 Å². The van der Waals surface area contributed by atoms with Crippen LogP contribution in [0.4, 0.5) is 5.69 Å². The lowest BCUT2D eigenvalue weighted by Crippen LogP contribution is -2.40. The maximum atomic E-state index is 11.0. The van der Waals surface area contributed by atoms with Crippen LogP contribution >= 0.6 is 0 Å². The summed E-state index contributed by atoms with van der Waals surface area (Å²) in [5, 5.41) is 0. The first-order valence-corrected chi connectivity index (χ1v) is 11.1. The summed E-state index contributed by atoms with van der Waals surface area (Å²) < 4.78 is 99.8. The molecule has 1 aromatic carbocycles. The van der Waals surface area contributed by atoms with Crippen molar-refractivity contribution in [3.8, 4) is 0 Å². The Morgan fingerprint density at radius 2 is 1.50 bits per heavy atom. The lowest BCUT2D eigenvalue weighted by atomic mass is 10.2. The number of para-hydroxylation sites is 1. The van der Waals surface area contributed by atoms with Gasteiger partial charge in [-0.15, -0.1) is 0 Å². The van der Waals surface area contributed by atoms with Crippen molar-refractivity contribution >= 4 is 36.6 Å². The highest BCUT2D eigenvalue weighted by atomic mass is 32.3. The van der Waals surface area contributed by atoms with E-state index in [9.17, 15) is 25.3 Å². The molecule has 150 valence electrons. The van der Waals surface area contributed by atoms with Crippen LogP contribution in [-0.4, -0.2) is 70.5 Å². The fourth-order valence-electron chi connectivity index (χ4n) is 1.98. The maximum absolute atomic E-state index is 11.0. The van der Waals surface area contributed by atoms with E-state index in [1.165, 1.54) is 17.0 Å². The van der Waals surface area contributed by atoms with Gasteiger partial charge in [0.2, 0.25) is 0 Å². The molecule has 0 saturated heterocycles. The van der Waals surface area contributed by atoms with Gasteiger partial charge in [0.05, 0.1) is 6.61 Å². The predicted molar refractivity (Wildman–Crippen MR) is 89.0 cm³/mol.